The van der Waals surface area contributed by atoms with Gasteiger partial charge in [0, 0.05) is 31.7 Å². The molecule has 0 radical (unpaired) electrons. The number of carbonyl (C=O) groups is 2. The topological polar surface area (TPSA) is 95.7 Å². The van der Waals surface area contributed by atoms with Crippen LogP contribution in [0.15, 0.2) is 46.9 Å². The highest BCUT2D eigenvalue weighted by atomic mass is 79.9. The van der Waals surface area contributed by atoms with Crippen LogP contribution in [0.25, 0.3) is 11.1 Å². The Bertz CT molecular complexity index is 1630. The molecule has 3 aromatic rings. The zero-order valence-corrected chi connectivity index (χ0v) is 21.8. The Balaban J connectivity index is 1.72. The predicted octanol–water partition coefficient (Wildman–Crippen LogP) is 6.06. The summed E-state index contributed by atoms with van der Waals surface area (Å²) in [5.74, 6) is -2.50. The minimum absolute atomic E-state index is 0.0231. The van der Waals surface area contributed by atoms with E-state index in [1.807, 2.05) is 0 Å². The lowest BCUT2D eigenvalue weighted by Crippen LogP contribution is -2.58. The summed E-state index contributed by atoms with van der Waals surface area (Å²) in [4.78, 5) is 26.1. The van der Waals surface area contributed by atoms with Crippen molar-refractivity contribution in [3.63, 3.8) is 0 Å². The van der Waals surface area contributed by atoms with Gasteiger partial charge in [0.1, 0.15) is 11.6 Å². The number of benzene rings is 3. The molecule has 0 bridgehead atoms. The van der Waals surface area contributed by atoms with Crippen LogP contribution in [0.5, 0.6) is 0 Å². The second kappa shape index (κ2) is 8.15. The van der Waals surface area contributed by atoms with Gasteiger partial charge in [-0.3, -0.25) is 9.69 Å². The SMILES string of the molecule is NC(=O)N1c2ccc(F)c(-c3cc(Br)cc4c3C(c3cc(F)ccc3Cl)NC4=O)c2C(O)(C(F)(F)F)C12CC2. The second-order valence-electron chi connectivity index (χ2n) is 9.72. The number of primary amides is 1. The number of amides is 3. The number of nitrogens with two attached hydrogens (primary N) is 1. The second-order valence-corrected chi connectivity index (χ2v) is 11.0. The van der Waals surface area contributed by atoms with Crippen LogP contribution in [0.3, 0.4) is 0 Å². The Morgan fingerprint density at radius 3 is 2.41 bits per heavy atom. The van der Waals surface area contributed by atoms with Crippen molar-refractivity contribution in [2.24, 2.45) is 5.73 Å². The third kappa shape index (κ3) is 3.34. The van der Waals surface area contributed by atoms with Crippen LogP contribution in [0, 0.1) is 11.6 Å². The molecule has 0 aromatic heterocycles. The summed E-state index contributed by atoms with van der Waals surface area (Å²) in [5.41, 5.74) is -2.43. The molecular weight excluding hydrogens is 613 g/mol. The van der Waals surface area contributed by atoms with Crippen LogP contribution in [0.1, 0.15) is 45.9 Å². The third-order valence-corrected chi connectivity index (χ3v) is 8.48. The molecule has 2 unspecified atom stereocenters. The van der Waals surface area contributed by atoms with Gasteiger partial charge in [0.2, 0.25) is 5.60 Å². The van der Waals surface area contributed by atoms with Crippen molar-refractivity contribution < 1.29 is 36.6 Å². The number of urea groups is 1. The first kappa shape index (κ1) is 26.0. The van der Waals surface area contributed by atoms with Crippen molar-refractivity contribution in [1.29, 1.82) is 0 Å². The number of halogens is 7. The molecule has 6 nitrogen and oxygen atoms in total. The van der Waals surface area contributed by atoms with Crippen LogP contribution in [0.4, 0.5) is 32.4 Å². The number of fused-ring (bicyclic) bond motifs is 2. The van der Waals surface area contributed by atoms with E-state index in [0.717, 1.165) is 24.3 Å². The minimum atomic E-state index is -5.35. The van der Waals surface area contributed by atoms with Crippen molar-refractivity contribution in [1.82, 2.24) is 5.32 Å². The van der Waals surface area contributed by atoms with Gasteiger partial charge in [0.25, 0.3) is 5.91 Å². The van der Waals surface area contributed by atoms with Crippen molar-refractivity contribution >= 4 is 45.2 Å². The Morgan fingerprint density at radius 2 is 1.79 bits per heavy atom. The van der Waals surface area contributed by atoms with Gasteiger partial charge in [-0.1, -0.05) is 27.5 Å². The molecule has 1 aliphatic carbocycles. The average molecular weight is 629 g/mol. The maximum absolute atomic E-state index is 15.8. The van der Waals surface area contributed by atoms with Gasteiger partial charge in [-0.15, -0.1) is 0 Å². The van der Waals surface area contributed by atoms with Gasteiger partial charge in [0.15, 0.2) is 0 Å². The molecule has 1 fully saturated rings. The highest BCUT2D eigenvalue weighted by Gasteiger charge is 2.80. The summed E-state index contributed by atoms with van der Waals surface area (Å²) in [7, 11) is 0. The lowest BCUT2D eigenvalue weighted by Gasteiger charge is -2.36. The van der Waals surface area contributed by atoms with E-state index in [1.54, 1.807) is 0 Å². The van der Waals surface area contributed by atoms with Gasteiger partial charge in [-0.05, 0) is 66.4 Å². The first-order valence-electron chi connectivity index (χ1n) is 11.5. The maximum atomic E-state index is 15.8. The number of rotatable bonds is 2. The lowest BCUT2D eigenvalue weighted by atomic mass is 9.79. The quantitative estimate of drug-likeness (QED) is 0.301. The van der Waals surface area contributed by atoms with E-state index >= 15 is 4.39 Å². The molecule has 39 heavy (non-hydrogen) atoms. The Hall–Kier alpha value is -3.22. The number of carbonyl (C=O) groups excluding carboxylic acids is 2. The fraction of sp³-hybridized carbons (Fsp3) is 0.231. The number of nitrogens with zero attached hydrogens (tertiary/aromatic N) is 1. The Labute approximate surface area is 230 Å². The number of hydrogen-bond acceptors (Lipinski definition) is 3. The van der Waals surface area contributed by atoms with Crippen molar-refractivity contribution in [3.8, 4) is 11.1 Å². The Morgan fingerprint density at radius 1 is 1.13 bits per heavy atom. The largest absolute Gasteiger partial charge is 0.423 e. The smallest absolute Gasteiger partial charge is 0.374 e. The molecule has 3 amide bonds. The molecule has 2 atom stereocenters. The minimum Gasteiger partial charge on any atom is -0.374 e. The zero-order chi connectivity index (χ0) is 28.2. The zero-order valence-electron chi connectivity index (χ0n) is 19.5. The van der Waals surface area contributed by atoms with E-state index in [1.165, 1.54) is 18.2 Å². The number of nitrogens with one attached hydrogen (secondary N) is 1. The lowest BCUT2D eigenvalue weighted by molar-refractivity contribution is -0.274. The normalized spacial score (nSPS) is 22.6. The molecule has 1 saturated carbocycles. The molecule has 202 valence electrons. The molecule has 2 heterocycles. The number of hydrogen-bond donors (Lipinski definition) is 3. The van der Waals surface area contributed by atoms with Gasteiger partial charge < -0.3 is 16.2 Å². The van der Waals surface area contributed by atoms with Crippen LogP contribution in [-0.2, 0) is 5.60 Å². The summed E-state index contributed by atoms with van der Waals surface area (Å²) in [6.45, 7) is 0. The fourth-order valence-electron chi connectivity index (χ4n) is 6.02. The summed E-state index contributed by atoms with van der Waals surface area (Å²) >= 11 is 9.53. The summed E-state index contributed by atoms with van der Waals surface area (Å²) in [6.07, 6.45) is -5.82. The van der Waals surface area contributed by atoms with Crippen molar-refractivity contribution in [2.45, 2.75) is 36.2 Å². The molecule has 4 N–H and O–H groups in total. The van der Waals surface area contributed by atoms with Gasteiger partial charge in [-0.25, -0.2) is 13.6 Å². The molecule has 1 spiro atoms. The van der Waals surface area contributed by atoms with E-state index in [-0.39, 0.29) is 44.6 Å². The molecular formula is C26H16BrClF5N3O3. The van der Waals surface area contributed by atoms with E-state index < -0.39 is 63.7 Å². The van der Waals surface area contributed by atoms with Gasteiger partial charge in [-0.2, -0.15) is 13.2 Å². The molecule has 6 rings (SSSR count). The maximum Gasteiger partial charge on any atom is 0.423 e. The number of anilines is 1. The van der Waals surface area contributed by atoms with Gasteiger partial charge >= 0.3 is 12.2 Å². The van der Waals surface area contributed by atoms with E-state index in [9.17, 15) is 32.3 Å². The highest BCUT2D eigenvalue weighted by Crippen LogP contribution is 2.69. The molecule has 3 aromatic carbocycles. The van der Waals surface area contributed by atoms with E-state index in [0.29, 0.717) is 4.90 Å². The summed E-state index contributed by atoms with van der Waals surface area (Å²) in [5, 5.41) is 14.2. The van der Waals surface area contributed by atoms with Crippen LogP contribution in [-0.4, -0.2) is 28.8 Å². The molecule has 0 saturated heterocycles. The fourth-order valence-corrected chi connectivity index (χ4v) is 6.70. The Kier molecular flexibility index (Phi) is 5.44. The van der Waals surface area contributed by atoms with Crippen molar-refractivity contribution in [2.75, 3.05) is 4.90 Å². The monoisotopic (exact) mass is 627 g/mol. The van der Waals surface area contributed by atoms with E-state index in [2.05, 4.69) is 21.2 Å². The van der Waals surface area contributed by atoms with Crippen molar-refractivity contribution in [3.05, 3.63) is 85.8 Å². The van der Waals surface area contributed by atoms with Crippen LogP contribution >= 0.6 is 27.5 Å². The number of aliphatic hydroxyl groups is 1. The average Bonchev–Trinajstić information content (AvgIpc) is 3.52. The first-order valence-corrected chi connectivity index (χ1v) is 12.7. The van der Waals surface area contributed by atoms with Gasteiger partial charge in [0.05, 0.1) is 17.3 Å². The third-order valence-electron chi connectivity index (χ3n) is 7.68. The standard InChI is InChI=1S/C26H16BrClF5N3O3/c27-10-7-13(18-14(8-10)22(37)35-21(18)12-9-11(29)1-2-15(12)28)19-16(30)3-4-17-20(19)25(39,26(31,32)33)24(5-6-24)36(17)23(34)38/h1-4,7-9,21,39H,5-6H2,(H2,34,38)(H,35,37). The summed E-state index contributed by atoms with van der Waals surface area (Å²) in [6, 6.07) is 5.49. The van der Waals surface area contributed by atoms with Crippen LogP contribution < -0.4 is 16.0 Å². The predicted molar refractivity (Wildman–Crippen MR) is 134 cm³/mol. The summed E-state index contributed by atoms with van der Waals surface area (Å²) < 4.78 is 74.6. The molecule has 2 aliphatic heterocycles. The highest BCUT2D eigenvalue weighted by molar-refractivity contribution is 9.10. The van der Waals surface area contributed by atoms with E-state index in [4.69, 9.17) is 17.3 Å². The molecule has 13 heteroatoms. The first-order chi connectivity index (χ1) is 18.2. The molecule has 3 aliphatic rings. The number of alkyl halides is 3. The van der Waals surface area contributed by atoms with Crippen LogP contribution in [0.2, 0.25) is 5.02 Å².